The molecule has 2 N–H and O–H groups in total. The minimum atomic E-state index is -0.224. The monoisotopic (exact) mass is 194 g/mol. The fraction of sp³-hybridized carbons (Fsp3) is 0.545. The molecule has 0 aromatic carbocycles. The van der Waals surface area contributed by atoms with E-state index < -0.39 is 0 Å². The Morgan fingerprint density at radius 2 is 2.29 bits per heavy atom. The van der Waals surface area contributed by atoms with Gasteiger partial charge in [-0.25, -0.2) is 0 Å². The fourth-order valence-corrected chi connectivity index (χ4v) is 1.06. The lowest BCUT2D eigenvalue weighted by Crippen LogP contribution is -2.45. The van der Waals surface area contributed by atoms with Crippen LogP contribution in [0.1, 0.15) is 20.3 Å². The quantitative estimate of drug-likeness (QED) is 0.482. The van der Waals surface area contributed by atoms with E-state index in [4.69, 9.17) is 6.42 Å². The molecule has 14 heavy (non-hydrogen) atoms. The molecule has 0 aromatic heterocycles. The zero-order valence-corrected chi connectivity index (χ0v) is 8.84. The summed E-state index contributed by atoms with van der Waals surface area (Å²) in [5.41, 5.74) is 0. The van der Waals surface area contributed by atoms with Gasteiger partial charge in [0.2, 0.25) is 5.91 Å². The van der Waals surface area contributed by atoms with E-state index in [1.807, 2.05) is 13.8 Å². The summed E-state index contributed by atoms with van der Waals surface area (Å²) in [6.45, 7) is 7.78. The summed E-state index contributed by atoms with van der Waals surface area (Å²) in [4.78, 5) is 11.4. The summed E-state index contributed by atoms with van der Waals surface area (Å²) < 4.78 is 0. The predicted molar refractivity (Wildman–Crippen MR) is 58.7 cm³/mol. The Labute approximate surface area is 86.0 Å². The largest absolute Gasteiger partial charge is 0.351 e. The average molecular weight is 194 g/mol. The lowest BCUT2D eigenvalue weighted by atomic mass is 10.2. The van der Waals surface area contributed by atoms with Crippen LogP contribution >= 0.6 is 0 Å². The number of hydrogen-bond donors (Lipinski definition) is 2. The van der Waals surface area contributed by atoms with Crippen LogP contribution in [0.15, 0.2) is 12.7 Å². The van der Waals surface area contributed by atoms with Gasteiger partial charge in [0.15, 0.2) is 0 Å². The molecule has 0 fully saturated rings. The number of hydrogen-bond acceptors (Lipinski definition) is 2. The second-order valence-corrected chi connectivity index (χ2v) is 3.23. The molecule has 0 saturated heterocycles. The number of amides is 1. The normalized spacial score (nSPS) is 13.8. The standard InChI is InChI=1S/C11H18N2O/c1-5-7-9(3)13-10(4)11(14)12-8-6-2/h1,6,9-10,13H,2,7-8H2,3-4H3,(H,12,14). The van der Waals surface area contributed by atoms with Gasteiger partial charge >= 0.3 is 0 Å². The summed E-state index contributed by atoms with van der Waals surface area (Å²) in [5, 5.41) is 5.81. The number of carbonyl (C=O) groups excluding carboxylic acids is 1. The molecular formula is C11H18N2O. The van der Waals surface area contributed by atoms with Crippen LogP contribution in [0.25, 0.3) is 0 Å². The lowest BCUT2D eigenvalue weighted by molar-refractivity contribution is -0.122. The van der Waals surface area contributed by atoms with Crippen molar-refractivity contribution in [2.45, 2.75) is 32.4 Å². The van der Waals surface area contributed by atoms with E-state index in [2.05, 4.69) is 23.1 Å². The third-order valence-corrected chi connectivity index (χ3v) is 1.77. The van der Waals surface area contributed by atoms with Crippen LogP contribution in [-0.4, -0.2) is 24.5 Å². The third kappa shape index (κ3) is 5.39. The van der Waals surface area contributed by atoms with E-state index in [9.17, 15) is 4.79 Å². The summed E-state index contributed by atoms with van der Waals surface area (Å²) in [6.07, 6.45) is 7.43. The number of terminal acetylenes is 1. The van der Waals surface area contributed by atoms with Crippen molar-refractivity contribution in [3.05, 3.63) is 12.7 Å². The van der Waals surface area contributed by atoms with E-state index in [0.717, 1.165) is 0 Å². The van der Waals surface area contributed by atoms with Gasteiger partial charge in [-0.1, -0.05) is 6.08 Å². The Kier molecular flexibility index (Phi) is 6.51. The number of rotatable bonds is 6. The van der Waals surface area contributed by atoms with Crippen molar-refractivity contribution in [2.24, 2.45) is 0 Å². The molecule has 0 aliphatic rings. The van der Waals surface area contributed by atoms with Crippen LogP contribution in [0, 0.1) is 12.3 Å². The maximum atomic E-state index is 11.4. The molecule has 3 nitrogen and oxygen atoms in total. The van der Waals surface area contributed by atoms with Crippen LogP contribution in [0.5, 0.6) is 0 Å². The first-order chi connectivity index (χ1) is 6.61. The van der Waals surface area contributed by atoms with Crippen LogP contribution in [0.2, 0.25) is 0 Å². The summed E-state index contributed by atoms with van der Waals surface area (Å²) in [6, 6.07) is -0.0669. The van der Waals surface area contributed by atoms with Crippen molar-refractivity contribution >= 4 is 5.91 Å². The Balaban J connectivity index is 3.83. The molecular weight excluding hydrogens is 176 g/mol. The zero-order chi connectivity index (χ0) is 11.0. The molecule has 0 bridgehead atoms. The molecule has 0 aliphatic heterocycles. The highest BCUT2D eigenvalue weighted by atomic mass is 16.2. The molecule has 0 saturated carbocycles. The molecule has 2 atom stereocenters. The van der Waals surface area contributed by atoms with Crippen molar-refractivity contribution in [1.29, 1.82) is 0 Å². The third-order valence-electron chi connectivity index (χ3n) is 1.77. The first kappa shape index (κ1) is 12.7. The first-order valence-electron chi connectivity index (χ1n) is 4.70. The topological polar surface area (TPSA) is 41.1 Å². The van der Waals surface area contributed by atoms with E-state index >= 15 is 0 Å². The van der Waals surface area contributed by atoms with Crippen LogP contribution in [0.3, 0.4) is 0 Å². The average Bonchev–Trinajstić information content (AvgIpc) is 2.14. The van der Waals surface area contributed by atoms with E-state index in [0.29, 0.717) is 13.0 Å². The van der Waals surface area contributed by atoms with Gasteiger partial charge in [0, 0.05) is 19.0 Å². The minimum Gasteiger partial charge on any atom is -0.351 e. The smallest absolute Gasteiger partial charge is 0.237 e. The summed E-state index contributed by atoms with van der Waals surface area (Å²) in [5.74, 6) is 2.51. The maximum Gasteiger partial charge on any atom is 0.237 e. The van der Waals surface area contributed by atoms with Crippen LogP contribution in [-0.2, 0) is 4.79 Å². The minimum absolute atomic E-state index is 0.0335. The Bertz CT molecular complexity index is 230. The van der Waals surface area contributed by atoms with Gasteiger partial charge in [-0.3, -0.25) is 4.79 Å². The van der Waals surface area contributed by atoms with Crippen LogP contribution < -0.4 is 10.6 Å². The Morgan fingerprint density at radius 3 is 2.79 bits per heavy atom. The molecule has 0 radical (unpaired) electrons. The van der Waals surface area contributed by atoms with Crippen molar-refractivity contribution in [2.75, 3.05) is 6.54 Å². The molecule has 0 aromatic rings. The van der Waals surface area contributed by atoms with Gasteiger partial charge in [-0.15, -0.1) is 18.9 Å². The molecule has 0 heterocycles. The van der Waals surface area contributed by atoms with Gasteiger partial charge < -0.3 is 10.6 Å². The maximum absolute atomic E-state index is 11.4. The van der Waals surface area contributed by atoms with Crippen molar-refractivity contribution in [1.82, 2.24) is 10.6 Å². The van der Waals surface area contributed by atoms with Gasteiger partial charge in [0.1, 0.15) is 0 Å². The molecule has 0 rings (SSSR count). The molecule has 0 spiro atoms. The Morgan fingerprint density at radius 1 is 1.64 bits per heavy atom. The zero-order valence-electron chi connectivity index (χ0n) is 8.84. The van der Waals surface area contributed by atoms with Crippen molar-refractivity contribution in [3.63, 3.8) is 0 Å². The highest BCUT2D eigenvalue weighted by Crippen LogP contribution is 1.91. The van der Waals surface area contributed by atoms with Crippen molar-refractivity contribution < 1.29 is 4.79 Å². The van der Waals surface area contributed by atoms with E-state index in [-0.39, 0.29) is 18.0 Å². The predicted octanol–water partition coefficient (Wildman–Crippen LogP) is 0.679. The molecule has 3 heteroatoms. The van der Waals surface area contributed by atoms with Crippen molar-refractivity contribution in [3.8, 4) is 12.3 Å². The lowest BCUT2D eigenvalue weighted by Gasteiger charge is -2.17. The van der Waals surface area contributed by atoms with Crippen LogP contribution in [0.4, 0.5) is 0 Å². The second-order valence-electron chi connectivity index (χ2n) is 3.23. The van der Waals surface area contributed by atoms with Gasteiger partial charge in [-0.05, 0) is 13.8 Å². The first-order valence-corrected chi connectivity index (χ1v) is 4.70. The highest BCUT2D eigenvalue weighted by Gasteiger charge is 2.13. The fourth-order valence-electron chi connectivity index (χ4n) is 1.06. The highest BCUT2D eigenvalue weighted by molar-refractivity contribution is 5.81. The number of carbonyl (C=O) groups is 1. The van der Waals surface area contributed by atoms with E-state index in [1.165, 1.54) is 0 Å². The Hall–Kier alpha value is -1.27. The SMILES string of the molecule is C#CCC(C)NC(C)C(=O)NCC=C. The molecule has 78 valence electrons. The van der Waals surface area contributed by atoms with Gasteiger partial charge in [0.05, 0.1) is 6.04 Å². The van der Waals surface area contributed by atoms with Gasteiger partial charge in [0.25, 0.3) is 0 Å². The van der Waals surface area contributed by atoms with E-state index in [1.54, 1.807) is 6.08 Å². The second kappa shape index (κ2) is 7.16. The molecule has 2 unspecified atom stereocenters. The summed E-state index contributed by atoms with van der Waals surface area (Å²) >= 11 is 0. The molecule has 1 amide bonds. The number of nitrogens with one attached hydrogen (secondary N) is 2. The molecule has 0 aliphatic carbocycles. The van der Waals surface area contributed by atoms with Gasteiger partial charge in [-0.2, -0.15) is 0 Å². The summed E-state index contributed by atoms with van der Waals surface area (Å²) in [7, 11) is 0.